The van der Waals surface area contributed by atoms with Crippen LogP contribution in [0.15, 0.2) is 23.8 Å². The fraction of sp³-hybridized carbons (Fsp3) is 0.632. The van der Waals surface area contributed by atoms with Gasteiger partial charge < -0.3 is 19.6 Å². The molecule has 144 valence electrons. The third-order valence-corrected chi connectivity index (χ3v) is 4.42. The molecule has 7 nitrogen and oxygen atoms in total. The summed E-state index contributed by atoms with van der Waals surface area (Å²) in [6.45, 7) is 7.36. The van der Waals surface area contributed by atoms with Crippen molar-refractivity contribution in [2.45, 2.75) is 45.6 Å². The van der Waals surface area contributed by atoms with Crippen LogP contribution in [0.5, 0.6) is 0 Å². The maximum atomic E-state index is 12.3. The number of carboxylic acid groups (broad SMARTS) is 1. The molecule has 0 radical (unpaired) electrons. The number of hydrogen-bond donors (Lipinski definition) is 1. The summed E-state index contributed by atoms with van der Waals surface area (Å²) in [5.74, 6) is -1.48. The van der Waals surface area contributed by atoms with Crippen molar-refractivity contribution < 1.29 is 24.2 Å². The van der Waals surface area contributed by atoms with Crippen molar-refractivity contribution in [1.29, 1.82) is 0 Å². The molecular weight excluding hydrogens is 336 g/mol. The van der Waals surface area contributed by atoms with Gasteiger partial charge in [-0.1, -0.05) is 12.2 Å². The minimum absolute atomic E-state index is 0.161. The molecule has 2 heterocycles. The van der Waals surface area contributed by atoms with Gasteiger partial charge in [0.2, 0.25) is 5.91 Å². The molecule has 1 saturated heterocycles. The SMILES string of the molecule is CC(C)(C)OC(=O)N1CC=C(C=CC(=O)N2CCC[C@@H](C(=O)O)C2)CC1. The number of allylic oxidation sites excluding steroid dienone is 1. The maximum Gasteiger partial charge on any atom is 0.410 e. The van der Waals surface area contributed by atoms with Crippen LogP contribution in [0, 0.1) is 5.92 Å². The average molecular weight is 364 g/mol. The van der Waals surface area contributed by atoms with Gasteiger partial charge in [0.15, 0.2) is 0 Å². The van der Waals surface area contributed by atoms with E-state index in [2.05, 4.69) is 0 Å². The van der Waals surface area contributed by atoms with Gasteiger partial charge in [-0.15, -0.1) is 0 Å². The zero-order valence-corrected chi connectivity index (χ0v) is 15.7. The van der Waals surface area contributed by atoms with Crippen LogP contribution in [-0.2, 0) is 14.3 Å². The van der Waals surface area contributed by atoms with Crippen LogP contribution in [0.4, 0.5) is 4.79 Å². The second-order valence-electron chi connectivity index (χ2n) is 7.75. The first-order valence-electron chi connectivity index (χ1n) is 9.02. The Morgan fingerprint density at radius 3 is 2.54 bits per heavy atom. The van der Waals surface area contributed by atoms with E-state index in [9.17, 15) is 14.4 Å². The number of nitrogens with zero attached hydrogens (tertiary/aromatic N) is 2. The minimum atomic E-state index is -0.844. The highest BCUT2D eigenvalue weighted by molar-refractivity contribution is 5.88. The Kier molecular flexibility index (Phi) is 6.45. The number of carbonyl (C=O) groups is 3. The lowest BCUT2D eigenvalue weighted by Gasteiger charge is -2.30. The van der Waals surface area contributed by atoms with E-state index in [-0.39, 0.29) is 18.5 Å². The summed E-state index contributed by atoms with van der Waals surface area (Å²) in [5, 5.41) is 9.10. The Labute approximate surface area is 154 Å². The van der Waals surface area contributed by atoms with Gasteiger partial charge in [0.25, 0.3) is 0 Å². The van der Waals surface area contributed by atoms with E-state index >= 15 is 0 Å². The molecule has 0 bridgehead atoms. The molecule has 0 aromatic carbocycles. The Bertz CT molecular complexity index is 618. The Morgan fingerprint density at radius 2 is 1.96 bits per heavy atom. The minimum Gasteiger partial charge on any atom is -0.481 e. The third kappa shape index (κ3) is 5.89. The van der Waals surface area contributed by atoms with E-state index in [4.69, 9.17) is 9.84 Å². The molecule has 2 aliphatic rings. The van der Waals surface area contributed by atoms with Crippen LogP contribution >= 0.6 is 0 Å². The second kappa shape index (κ2) is 8.38. The summed E-state index contributed by atoms with van der Waals surface area (Å²) < 4.78 is 5.35. The number of carbonyl (C=O) groups excluding carboxylic acids is 2. The third-order valence-electron chi connectivity index (χ3n) is 4.42. The lowest BCUT2D eigenvalue weighted by molar-refractivity contribution is -0.144. The number of amides is 2. The lowest BCUT2D eigenvalue weighted by Crippen LogP contribution is -2.41. The quantitative estimate of drug-likeness (QED) is 0.777. The Hall–Kier alpha value is -2.31. The highest BCUT2D eigenvalue weighted by atomic mass is 16.6. The van der Waals surface area contributed by atoms with E-state index in [0.29, 0.717) is 38.9 Å². The molecule has 2 amide bonds. The lowest BCUT2D eigenvalue weighted by atomic mass is 9.98. The van der Waals surface area contributed by atoms with Crippen LogP contribution in [0.2, 0.25) is 0 Å². The molecule has 0 aliphatic carbocycles. The molecule has 1 atom stereocenters. The van der Waals surface area contributed by atoms with Crippen molar-refractivity contribution in [2.24, 2.45) is 5.92 Å². The first kappa shape index (κ1) is 20.0. The van der Waals surface area contributed by atoms with Gasteiger partial charge in [-0.05, 0) is 45.6 Å². The van der Waals surface area contributed by atoms with Gasteiger partial charge in [0, 0.05) is 32.3 Å². The average Bonchev–Trinajstić information content (AvgIpc) is 2.58. The first-order chi connectivity index (χ1) is 12.2. The predicted molar refractivity (Wildman–Crippen MR) is 96.6 cm³/mol. The molecule has 0 spiro atoms. The summed E-state index contributed by atoms with van der Waals surface area (Å²) in [6, 6.07) is 0. The number of piperidine rings is 1. The molecule has 7 heteroatoms. The van der Waals surface area contributed by atoms with Crippen LogP contribution in [-0.4, -0.2) is 64.7 Å². The molecule has 2 rings (SSSR count). The molecule has 0 saturated carbocycles. The van der Waals surface area contributed by atoms with E-state index < -0.39 is 17.5 Å². The molecule has 26 heavy (non-hydrogen) atoms. The zero-order valence-electron chi connectivity index (χ0n) is 15.7. The van der Waals surface area contributed by atoms with Crippen molar-refractivity contribution in [3.05, 3.63) is 23.8 Å². The fourth-order valence-corrected chi connectivity index (χ4v) is 2.99. The molecular formula is C19H28N2O5. The summed E-state index contributed by atoms with van der Waals surface area (Å²) >= 11 is 0. The van der Waals surface area contributed by atoms with Gasteiger partial charge in [-0.3, -0.25) is 9.59 Å². The molecule has 1 fully saturated rings. The second-order valence-corrected chi connectivity index (χ2v) is 7.75. The highest BCUT2D eigenvalue weighted by Gasteiger charge is 2.27. The van der Waals surface area contributed by atoms with Crippen LogP contribution in [0.1, 0.15) is 40.0 Å². The maximum absolute atomic E-state index is 12.3. The summed E-state index contributed by atoms with van der Waals surface area (Å²) in [6.07, 6.45) is 6.83. The van der Waals surface area contributed by atoms with Crippen LogP contribution < -0.4 is 0 Å². The number of carboxylic acids is 1. The Morgan fingerprint density at radius 1 is 1.23 bits per heavy atom. The van der Waals surface area contributed by atoms with Crippen LogP contribution in [0.25, 0.3) is 0 Å². The van der Waals surface area contributed by atoms with E-state index in [0.717, 1.165) is 5.57 Å². The van der Waals surface area contributed by atoms with Gasteiger partial charge in [-0.2, -0.15) is 0 Å². The standard InChI is InChI=1S/C19H28N2O5/c1-19(2,3)26-18(25)20-11-8-14(9-12-20)6-7-16(22)21-10-4-5-15(13-21)17(23)24/h6-8,15H,4-5,9-13H2,1-3H3,(H,23,24)/t15-/m1/s1. The van der Waals surface area contributed by atoms with Crippen LogP contribution in [0.3, 0.4) is 0 Å². The number of ether oxygens (including phenoxy) is 1. The van der Waals surface area contributed by atoms with Gasteiger partial charge in [0.05, 0.1) is 5.92 Å². The smallest absolute Gasteiger partial charge is 0.410 e. The van der Waals surface area contributed by atoms with Crippen molar-refractivity contribution in [1.82, 2.24) is 9.80 Å². The normalized spacial score (nSPS) is 21.5. The highest BCUT2D eigenvalue weighted by Crippen LogP contribution is 2.18. The largest absolute Gasteiger partial charge is 0.481 e. The fourth-order valence-electron chi connectivity index (χ4n) is 2.99. The van der Waals surface area contributed by atoms with Gasteiger partial charge in [0.1, 0.15) is 5.60 Å². The van der Waals surface area contributed by atoms with Gasteiger partial charge >= 0.3 is 12.1 Å². The van der Waals surface area contributed by atoms with Crippen molar-refractivity contribution in [2.75, 3.05) is 26.2 Å². The molecule has 0 aromatic rings. The number of likely N-dealkylation sites (tertiary alicyclic amines) is 1. The zero-order chi connectivity index (χ0) is 19.3. The monoisotopic (exact) mass is 364 g/mol. The number of rotatable bonds is 3. The predicted octanol–water partition coefficient (Wildman–Crippen LogP) is 2.43. The molecule has 1 N–H and O–H groups in total. The van der Waals surface area contributed by atoms with Crippen molar-refractivity contribution >= 4 is 18.0 Å². The number of aliphatic carboxylic acids is 1. The van der Waals surface area contributed by atoms with E-state index in [1.807, 2.05) is 26.8 Å². The van der Waals surface area contributed by atoms with Gasteiger partial charge in [-0.25, -0.2) is 4.79 Å². The summed E-state index contributed by atoms with van der Waals surface area (Å²) in [5.41, 5.74) is 0.472. The van der Waals surface area contributed by atoms with E-state index in [1.165, 1.54) is 6.08 Å². The Balaban J connectivity index is 1.86. The topological polar surface area (TPSA) is 87.2 Å². The molecule has 0 unspecified atom stereocenters. The van der Waals surface area contributed by atoms with E-state index in [1.54, 1.807) is 15.9 Å². The first-order valence-corrected chi connectivity index (χ1v) is 9.02. The van der Waals surface area contributed by atoms with Crippen molar-refractivity contribution in [3.8, 4) is 0 Å². The molecule has 0 aromatic heterocycles. The van der Waals surface area contributed by atoms with Crippen molar-refractivity contribution in [3.63, 3.8) is 0 Å². The molecule has 2 aliphatic heterocycles. The summed E-state index contributed by atoms with van der Waals surface area (Å²) in [7, 11) is 0. The number of hydrogen-bond acceptors (Lipinski definition) is 4. The summed E-state index contributed by atoms with van der Waals surface area (Å²) in [4.78, 5) is 38.6.